The number of nitrogens with one attached hydrogen (secondary N) is 1. The molecule has 1 N–H and O–H groups in total. The monoisotopic (exact) mass is 305 g/mol. The highest BCUT2D eigenvalue weighted by Gasteiger charge is 2.24. The molecule has 1 atom stereocenters. The molecule has 3 rings (SSSR count). The number of benzene rings is 2. The SMILES string of the molecule is CCNC1CCc2c(-c3cc(Cl)cc(Cl)c3)cccc21. The summed E-state index contributed by atoms with van der Waals surface area (Å²) in [6.45, 7) is 3.15. The number of rotatable bonds is 3. The van der Waals surface area contributed by atoms with Gasteiger partial charge in [0, 0.05) is 16.1 Å². The van der Waals surface area contributed by atoms with Crippen molar-refractivity contribution in [1.29, 1.82) is 0 Å². The molecule has 0 amide bonds. The predicted octanol–water partition coefficient (Wildman–Crippen LogP) is 5.26. The lowest BCUT2D eigenvalue weighted by Crippen LogP contribution is -2.18. The van der Waals surface area contributed by atoms with Crippen molar-refractivity contribution >= 4 is 23.2 Å². The van der Waals surface area contributed by atoms with Crippen molar-refractivity contribution in [2.75, 3.05) is 6.54 Å². The third-order valence-electron chi connectivity index (χ3n) is 3.89. The highest BCUT2D eigenvalue weighted by Crippen LogP contribution is 2.38. The summed E-state index contributed by atoms with van der Waals surface area (Å²) in [5, 5.41) is 4.92. The Morgan fingerprint density at radius 1 is 1.15 bits per heavy atom. The Morgan fingerprint density at radius 3 is 2.60 bits per heavy atom. The van der Waals surface area contributed by atoms with Crippen molar-refractivity contribution in [1.82, 2.24) is 5.32 Å². The normalized spacial score (nSPS) is 17.2. The number of fused-ring (bicyclic) bond motifs is 1. The van der Waals surface area contributed by atoms with E-state index in [1.165, 1.54) is 16.7 Å². The molecule has 2 aromatic rings. The molecule has 0 aliphatic heterocycles. The Morgan fingerprint density at radius 2 is 1.90 bits per heavy atom. The van der Waals surface area contributed by atoms with E-state index in [9.17, 15) is 0 Å². The van der Waals surface area contributed by atoms with E-state index in [2.05, 4.69) is 30.4 Å². The molecular formula is C17H17Cl2N. The zero-order chi connectivity index (χ0) is 14.1. The molecule has 1 nitrogen and oxygen atoms in total. The van der Waals surface area contributed by atoms with Gasteiger partial charge in [0.1, 0.15) is 0 Å². The Balaban J connectivity index is 2.08. The van der Waals surface area contributed by atoms with Crippen LogP contribution in [0.25, 0.3) is 11.1 Å². The van der Waals surface area contributed by atoms with Crippen LogP contribution in [0, 0.1) is 0 Å². The van der Waals surface area contributed by atoms with Gasteiger partial charge in [0.05, 0.1) is 0 Å². The summed E-state index contributed by atoms with van der Waals surface area (Å²) in [5.41, 5.74) is 5.21. The molecular weight excluding hydrogens is 289 g/mol. The van der Waals surface area contributed by atoms with Crippen molar-refractivity contribution in [3.63, 3.8) is 0 Å². The molecule has 1 aliphatic carbocycles. The first-order valence-corrected chi connectivity index (χ1v) is 7.76. The van der Waals surface area contributed by atoms with Crippen molar-refractivity contribution in [3.8, 4) is 11.1 Å². The van der Waals surface area contributed by atoms with E-state index in [4.69, 9.17) is 23.2 Å². The fourth-order valence-corrected chi connectivity index (χ4v) is 3.62. The lowest BCUT2D eigenvalue weighted by molar-refractivity contribution is 0.549. The lowest BCUT2D eigenvalue weighted by Gasteiger charge is -2.14. The van der Waals surface area contributed by atoms with Crippen LogP contribution in [0.1, 0.15) is 30.5 Å². The first kappa shape index (κ1) is 13.9. The molecule has 2 aromatic carbocycles. The van der Waals surface area contributed by atoms with Crippen LogP contribution in [0.4, 0.5) is 0 Å². The summed E-state index contributed by atoms with van der Waals surface area (Å²) in [5.74, 6) is 0. The van der Waals surface area contributed by atoms with E-state index in [0.717, 1.165) is 24.9 Å². The smallest absolute Gasteiger partial charge is 0.0426 e. The van der Waals surface area contributed by atoms with Crippen molar-refractivity contribution in [2.24, 2.45) is 0 Å². The molecule has 0 bridgehead atoms. The third kappa shape index (κ3) is 2.58. The second-order valence-corrected chi connectivity index (χ2v) is 6.05. The zero-order valence-corrected chi connectivity index (χ0v) is 12.9. The quantitative estimate of drug-likeness (QED) is 0.816. The first-order valence-electron chi connectivity index (χ1n) is 7.00. The number of hydrogen-bond donors (Lipinski definition) is 1. The summed E-state index contributed by atoms with van der Waals surface area (Å²) < 4.78 is 0. The second kappa shape index (κ2) is 5.77. The molecule has 0 saturated carbocycles. The van der Waals surface area contributed by atoms with E-state index in [1.807, 2.05) is 12.1 Å². The second-order valence-electron chi connectivity index (χ2n) is 5.18. The molecule has 0 spiro atoms. The van der Waals surface area contributed by atoms with Crippen LogP contribution in [0.2, 0.25) is 10.0 Å². The molecule has 0 saturated heterocycles. The van der Waals surface area contributed by atoms with Crippen molar-refractivity contribution < 1.29 is 0 Å². The average Bonchev–Trinajstić information content (AvgIpc) is 2.81. The van der Waals surface area contributed by atoms with Gasteiger partial charge in [-0.05, 0) is 59.8 Å². The number of halogens is 2. The van der Waals surface area contributed by atoms with Crippen LogP contribution in [-0.2, 0) is 6.42 Å². The largest absolute Gasteiger partial charge is 0.310 e. The molecule has 0 radical (unpaired) electrons. The van der Waals surface area contributed by atoms with Gasteiger partial charge >= 0.3 is 0 Å². The molecule has 0 fully saturated rings. The minimum atomic E-state index is 0.476. The third-order valence-corrected chi connectivity index (χ3v) is 4.33. The van der Waals surface area contributed by atoms with E-state index in [-0.39, 0.29) is 0 Å². The predicted molar refractivity (Wildman–Crippen MR) is 86.6 cm³/mol. The maximum absolute atomic E-state index is 6.13. The molecule has 1 unspecified atom stereocenters. The zero-order valence-electron chi connectivity index (χ0n) is 11.4. The first-order chi connectivity index (χ1) is 9.69. The van der Waals surface area contributed by atoms with Crippen molar-refractivity contribution in [3.05, 3.63) is 57.6 Å². The standard InChI is InChI=1S/C17H17Cl2N/c1-2-20-17-7-6-15-14(4-3-5-16(15)17)11-8-12(18)10-13(19)9-11/h3-5,8-10,17,20H,2,6-7H2,1H3. The molecule has 1 aliphatic rings. The Labute approximate surface area is 129 Å². The summed E-state index contributed by atoms with van der Waals surface area (Å²) in [4.78, 5) is 0. The lowest BCUT2D eigenvalue weighted by atomic mass is 9.96. The molecule has 3 heteroatoms. The Hall–Kier alpha value is -1.02. The van der Waals surface area contributed by atoms with Gasteiger partial charge in [0.15, 0.2) is 0 Å². The molecule has 0 aromatic heterocycles. The van der Waals surface area contributed by atoms with Gasteiger partial charge in [0.2, 0.25) is 0 Å². The topological polar surface area (TPSA) is 12.0 Å². The van der Waals surface area contributed by atoms with Crippen molar-refractivity contribution in [2.45, 2.75) is 25.8 Å². The fraction of sp³-hybridized carbons (Fsp3) is 0.294. The van der Waals surface area contributed by atoms with E-state index in [1.54, 1.807) is 6.07 Å². The van der Waals surface area contributed by atoms with Crippen LogP contribution >= 0.6 is 23.2 Å². The van der Waals surface area contributed by atoms with E-state index in [0.29, 0.717) is 16.1 Å². The summed E-state index contributed by atoms with van der Waals surface area (Å²) in [7, 11) is 0. The van der Waals surface area contributed by atoms with Gasteiger partial charge in [-0.25, -0.2) is 0 Å². The molecule has 20 heavy (non-hydrogen) atoms. The number of hydrogen-bond acceptors (Lipinski definition) is 1. The summed E-state index contributed by atoms with van der Waals surface area (Å²) in [6.07, 6.45) is 2.27. The van der Waals surface area contributed by atoms with Crippen LogP contribution < -0.4 is 5.32 Å². The molecule has 0 heterocycles. The van der Waals surface area contributed by atoms with Gasteiger partial charge in [-0.2, -0.15) is 0 Å². The Bertz CT molecular complexity index is 617. The van der Waals surface area contributed by atoms with Gasteiger partial charge in [-0.3, -0.25) is 0 Å². The van der Waals surface area contributed by atoms with Crippen LogP contribution in [-0.4, -0.2) is 6.54 Å². The Kier molecular flexibility index (Phi) is 4.02. The summed E-state index contributed by atoms with van der Waals surface area (Å²) >= 11 is 12.3. The van der Waals surface area contributed by atoms with Crippen LogP contribution in [0.3, 0.4) is 0 Å². The summed E-state index contributed by atoms with van der Waals surface area (Å²) in [6, 6.07) is 12.7. The minimum Gasteiger partial charge on any atom is -0.310 e. The highest BCUT2D eigenvalue weighted by molar-refractivity contribution is 6.35. The van der Waals surface area contributed by atoms with Crippen LogP contribution in [0.15, 0.2) is 36.4 Å². The van der Waals surface area contributed by atoms with Gasteiger partial charge in [-0.1, -0.05) is 48.3 Å². The average molecular weight is 306 g/mol. The van der Waals surface area contributed by atoms with E-state index < -0.39 is 0 Å². The van der Waals surface area contributed by atoms with Crippen LogP contribution in [0.5, 0.6) is 0 Å². The van der Waals surface area contributed by atoms with Gasteiger partial charge < -0.3 is 5.32 Å². The fourth-order valence-electron chi connectivity index (χ4n) is 3.09. The maximum Gasteiger partial charge on any atom is 0.0426 e. The van der Waals surface area contributed by atoms with E-state index >= 15 is 0 Å². The van der Waals surface area contributed by atoms with Gasteiger partial charge in [0.25, 0.3) is 0 Å². The maximum atomic E-state index is 6.13. The van der Waals surface area contributed by atoms with Gasteiger partial charge in [-0.15, -0.1) is 0 Å². The highest BCUT2D eigenvalue weighted by atomic mass is 35.5. The minimum absolute atomic E-state index is 0.476. The molecule has 104 valence electrons.